The van der Waals surface area contributed by atoms with E-state index in [-0.39, 0.29) is 10.7 Å². The molecule has 0 heterocycles. The van der Waals surface area contributed by atoms with E-state index in [2.05, 4.69) is 11.4 Å². The molecule has 0 radical (unpaired) electrons. The number of nitrogens with zero attached hydrogens (tertiary/aromatic N) is 2. The van der Waals surface area contributed by atoms with Crippen molar-refractivity contribution >= 4 is 28.7 Å². The van der Waals surface area contributed by atoms with Gasteiger partial charge in [-0.1, -0.05) is 31.5 Å². The summed E-state index contributed by atoms with van der Waals surface area (Å²) in [7, 11) is 0. The molecule has 0 aromatic heterocycles. The zero-order valence-corrected chi connectivity index (χ0v) is 12.9. The number of nitro groups is 1. The highest BCUT2D eigenvalue weighted by Crippen LogP contribution is 2.32. The van der Waals surface area contributed by atoms with Gasteiger partial charge in [0.1, 0.15) is 11.8 Å². The first-order chi connectivity index (χ1) is 10.4. The quantitative estimate of drug-likeness (QED) is 0.637. The second kappa shape index (κ2) is 6.46. The van der Waals surface area contributed by atoms with Crippen molar-refractivity contribution in [1.82, 2.24) is 0 Å². The van der Waals surface area contributed by atoms with Crippen LogP contribution >= 0.6 is 11.6 Å². The van der Waals surface area contributed by atoms with E-state index in [9.17, 15) is 15.4 Å². The number of nitro benzene ring substituents is 1. The summed E-state index contributed by atoms with van der Waals surface area (Å²) >= 11 is 5.79. The average Bonchev–Trinajstić information content (AvgIpc) is 2.48. The van der Waals surface area contributed by atoms with Crippen LogP contribution in [-0.2, 0) is 0 Å². The first-order valence-electron chi connectivity index (χ1n) is 6.67. The van der Waals surface area contributed by atoms with Crippen LogP contribution < -0.4 is 5.32 Å². The molecule has 6 heteroatoms. The van der Waals surface area contributed by atoms with Crippen molar-refractivity contribution in [1.29, 1.82) is 5.26 Å². The molecule has 0 saturated carbocycles. The van der Waals surface area contributed by atoms with Gasteiger partial charge >= 0.3 is 0 Å². The van der Waals surface area contributed by atoms with E-state index in [0.29, 0.717) is 22.9 Å². The Morgan fingerprint density at radius 2 is 1.91 bits per heavy atom. The Morgan fingerprint density at radius 3 is 2.50 bits per heavy atom. The Bertz CT molecular complexity index is 766. The summed E-state index contributed by atoms with van der Waals surface area (Å²) in [5.41, 5.74) is 2.16. The number of hydrogen-bond acceptors (Lipinski definition) is 4. The van der Waals surface area contributed by atoms with Crippen LogP contribution in [0.4, 0.5) is 17.1 Å². The second-order valence-electron chi connectivity index (χ2n) is 5.12. The molecule has 0 spiro atoms. The molecule has 0 unspecified atom stereocenters. The number of anilines is 2. The summed E-state index contributed by atoms with van der Waals surface area (Å²) in [6, 6.07) is 11.9. The van der Waals surface area contributed by atoms with E-state index >= 15 is 0 Å². The minimum Gasteiger partial charge on any atom is -0.349 e. The van der Waals surface area contributed by atoms with Crippen molar-refractivity contribution < 1.29 is 4.92 Å². The minimum atomic E-state index is -0.511. The average molecular weight is 316 g/mol. The van der Waals surface area contributed by atoms with Crippen LogP contribution in [0.2, 0.25) is 5.02 Å². The molecule has 0 amide bonds. The topological polar surface area (TPSA) is 79.0 Å². The van der Waals surface area contributed by atoms with Crippen LogP contribution in [0.25, 0.3) is 0 Å². The number of hydrogen-bond donors (Lipinski definition) is 1. The molecule has 2 rings (SSSR count). The zero-order chi connectivity index (χ0) is 16.3. The van der Waals surface area contributed by atoms with Crippen molar-refractivity contribution in [2.24, 2.45) is 0 Å². The molecule has 0 aliphatic carbocycles. The van der Waals surface area contributed by atoms with Crippen molar-refractivity contribution in [2.75, 3.05) is 5.32 Å². The maximum atomic E-state index is 11.1. The fourth-order valence-corrected chi connectivity index (χ4v) is 2.20. The lowest BCUT2D eigenvalue weighted by molar-refractivity contribution is -0.383. The van der Waals surface area contributed by atoms with Gasteiger partial charge in [0.25, 0.3) is 5.69 Å². The van der Waals surface area contributed by atoms with Crippen molar-refractivity contribution in [3.63, 3.8) is 0 Å². The molecule has 0 atom stereocenters. The summed E-state index contributed by atoms with van der Waals surface area (Å²) in [6.07, 6.45) is 0. The Kier molecular flexibility index (Phi) is 4.64. The van der Waals surface area contributed by atoms with Crippen LogP contribution in [0.3, 0.4) is 0 Å². The number of rotatable bonds is 4. The first-order valence-corrected chi connectivity index (χ1v) is 7.05. The van der Waals surface area contributed by atoms with E-state index < -0.39 is 4.92 Å². The van der Waals surface area contributed by atoms with Crippen LogP contribution in [0.15, 0.2) is 36.4 Å². The van der Waals surface area contributed by atoms with Crippen LogP contribution in [0.5, 0.6) is 0 Å². The normalized spacial score (nSPS) is 10.3. The molecule has 0 saturated heterocycles. The van der Waals surface area contributed by atoms with E-state index in [0.717, 1.165) is 5.56 Å². The van der Waals surface area contributed by atoms with E-state index in [4.69, 9.17) is 11.6 Å². The van der Waals surface area contributed by atoms with Gasteiger partial charge in [0.05, 0.1) is 16.2 Å². The highest BCUT2D eigenvalue weighted by Gasteiger charge is 2.16. The Hall–Kier alpha value is -2.58. The van der Waals surface area contributed by atoms with E-state index in [1.165, 1.54) is 12.1 Å². The maximum Gasteiger partial charge on any atom is 0.294 e. The van der Waals surface area contributed by atoms with Gasteiger partial charge in [0.2, 0.25) is 0 Å². The third-order valence-electron chi connectivity index (χ3n) is 3.26. The summed E-state index contributed by atoms with van der Waals surface area (Å²) in [5, 5.41) is 23.6. The van der Waals surface area contributed by atoms with Crippen LogP contribution in [0.1, 0.15) is 30.9 Å². The predicted molar refractivity (Wildman–Crippen MR) is 86.6 cm³/mol. The third kappa shape index (κ3) is 3.35. The Balaban J connectivity index is 2.44. The molecular weight excluding hydrogens is 302 g/mol. The van der Waals surface area contributed by atoms with Gasteiger partial charge in [0.15, 0.2) is 0 Å². The van der Waals surface area contributed by atoms with Gasteiger partial charge in [-0.3, -0.25) is 10.1 Å². The van der Waals surface area contributed by atoms with Crippen molar-refractivity contribution in [3.8, 4) is 6.07 Å². The molecule has 0 fully saturated rings. The Labute approximate surface area is 133 Å². The Morgan fingerprint density at radius 1 is 1.23 bits per heavy atom. The van der Waals surface area contributed by atoms with Gasteiger partial charge in [-0.2, -0.15) is 5.26 Å². The number of nitrogens with one attached hydrogen (secondary N) is 1. The van der Waals surface area contributed by atoms with Gasteiger partial charge < -0.3 is 5.32 Å². The fourth-order valence-electron chi connectivity index (χ4n) is 2.03. The van der Waals surface area contributed by atoms with E-state index in [1.54, 1.807) is 18.2 Å². The second-order valence-corrected chi connectivity index (χ2v) is 5.55. The predicted octanol–water partition coefficient (Wildman–Crippen LogP) is 4.99. The molecule has 1 N–H and O–H groups in total. The van der Waals surface area contributed by atoms with Gasteiger partial charge in [-0.05, 0) is 35.7 Å². The lowest BCUT2D eigenvalue weighted by atomic mass is 10.00. The summed E-state index contributed by atoms with van der Waals surface area (Å²) in [6.45, 7) is 4.07. The highest BCUT2D eigenvalue weighted by atomic mass is 35.5. The molecule has 2 aromatic carbocycles. The lowest BCUT2D eigenvalue weighted by Gasteiger charge is -2.12. The molecular formula is C16H14ClN3O2. The molecule has 2 aromatic rings. The highest BCUT2D eigenvalue weighted by molar-refractivity contribution is 6.30. The molecule has 0 bridgehead atoms. The number of nitriles is 1. The third-order valence-corrected chi connectivity index (χ3v) is 3.49. The summed E-state index contributed by atoms with van der Waals surface area (Å²) in [5.74, 6) is 0.297. The van der Waals surface area contributed by atoms with Crippen LogP contribution in [0, 0.1) is 21.4 Å². The van der Waals surface area contributed by atoms with Crippen LogP contribution in [-0.4, -0.2) is 4.92 Å². The summed E-state index contributed by atoms with van der Waals surface area (Å²) < 4.78 is 0. The van der Waals surface area contributed by atoms with Gasteiger partial charge in [-0.25, -0.2) is 0 Å². The first kappa shape index (κ1) is 15.8. The maximum absolute atomic E-state index is 11.1. The largest absolute Gasteiger partial charge is 0.349 e. The van der Waals surface area contributed by atoms with Gasteiger partial charge in [0, 0.05) is 11.1 Å². The van der Waals surface area contributed by atoms with E-state index in [1.807, 2.05) is 19.9 Å². The molecule has 5 nitrogen and oxygen atoms in total. The lowest BCUT2D eigenvalue weighted by Crippen LogP contribution is -2.00. The summed E-state index contributed by atoms with van der Waals surface area (Å²) in [4.78, 5) is 10.6. The number of halogens is 1. The monoisotopic (exact) mass is 315 g/mol. The van der Waals surface area contributed by atoms with Crippen molar-refractivity contribution in [2.45, 2.75) is 19.8 Å². The molecule has 0 aliphatic heterocycles. The van der Waals surface area contributed by atoms with Crippen molar-refractivity contribution in [3.05, 3.63) is 62.7 Å². The SMILES string of the molecule is CC(C)c1ccc(Nc2ccc(Cl)cc2[N+](=O)[O-])c(C#N)c1. The zero-order valence-electron chi connectivity index (χ0n) is 12.1. The molecule has 22 heavy (non-hydrogen) atoms. The molecule has 0 aliphatic rings. The minimum absolute atomic E-state index is 0.135. The standard InChI is InChI=1S/C16H14ClN3O2/c1-10(2)11-3-5-14(12(7-11)9-18)19-15-6-4-13(17)8-16(15)20(21)22/h3-8,10,19H,1-2H3. The number of benzene rings is 2. The fraction of sp³-hybridized carbons (Fsp3) is 0.188. The van der Waals surface area contributed by atoms with Gasteiger partial charge in [-0.15, -0.1) is 0 Å². The molecule has 112 valence electrons. The smallest absolute Gasteiger partial charge is 0.294 e.